The van der Waals surface area contributed by atoms with Gasteiger partial charge in [0.1, 0.15) is 0 Å². The highest BCUT2D eigenvalue weighted by molar-refractivity contribution is 5.49. The first-order valence-electron chi connectivity index (χ1n) is 15.9. The van der Waals surface area contributed by atoms with Gasteiger partial charge in [-0.05, 0) is 54.2 Å². The number of hydrogen-bond donors (Lipinski definition) is 1. The van der Waals surface area contributed by atoms with Gasteiger partial charge in [-0.2, -0.15) is 0 Å². The van der Waals surface area contributed by atoms with Crippen LogP contribution in [0.5, 0.6) is 11.5 Å². The molecule has 1 aromatic rings. The molecular formula is C19H29NO3. The molecular weight excluding hydrogens is 290 g/mol. The molecule has 0 bridgehead atoms. The molecule has 0 aromatic heterocycles. The maximum absolute atomic E-state index is 11.4. The molecule has 3 rings (SSSR count). The third kappa shape index (κ3) is 3.20. The molecule has 128 valence electrons. The van der Waals surface area contributed by atoms with Crippen molar-refractivity contribution < 1.29 is 39.3 Å². The first kappa shape index (κ1) is 5.37. The summed E-state index contributed by atoms with van der Waals surface area (Å²) in [5.41, 5.74) is -1.22. The van der Waals surface area contributed by atoms with Gasteiger partial charge in [-0.3, -0.25) is 4.90 Å². The lowest BCUT2D eigenvalue weighted by atomic mass is 9.79. The van der Waals surface area contributed by atoms with Crippen molar-refractivity contribution in [1.29, 1.82) is 0 Å². The van der Waals surface area contributed by atoms with E-state index in [2.05, 4.69) is 0 Å². The van der Waals surface area contributed by atoms with E-state index in [-0.39, 0.29) is 10.5 Å². The molecule has 1 N–H and O–H groups in total. The van der Waals surface area contributed by atoms with Crippen LogP contribution in [-0.4, -0.2) is 43.3 Å². The summed E-state index contributed by atoms with van der Waals surface area (Å²) in [5.74, 6) is -9.07. The fraction of sp³-hybridized carbons (Fsp3) is 0.684. The highest BCUT2D eigenvalue weighted by Crippen LogP contribution is 2.43. The smallest absolute Gasteiger partial charge is 0.161 e. The van der Waals surface area contributed by atoms with Gasteiger partial charge in [0.25, 0.3) is 0 Å². The van der Waals surface area contributed by atoms with Crippen LogP contribution in [0.4, 0.5) is 0 Å². The van der Waals surface area contributed by atoms with Gasteiger partial charge in [0, 0.05) is 34.1 Å². The minimum absolute atomic E-state index is 0.231. The Bertz CT molecular complexity index is 1240. The first-order chi connectivity index (χ1) is 18.0. The molecule has 2 aliphatic rings. The van der Waals surface area contributed by atoms with Crippen LogP contribution in [0.15, 0.2) is 12.1 Å². The summed E-state index contributed by atoms with van der Waals surface area (Å²) in [6.07, 6.45) is -12.8. The fourth-order valence-corrected chi connectivity index (χ4v) is 2.46. The second kappa shape index (κ2) is 6.70. The summed E-state index contributed by atoms with van der Waals surface area (Å²) >= 11 is 0. The van der Waals surface area contributed by atoms with Gasteiger partial charge in [0.15, 0.2) is 11.5 Å². The minimum Gasteiger partial charge on any atom is -0.493 e. The van der Waals surface area contributed by atoms with Crippen LogP contribution in [0.1, 0.15) is 68.3 Å². The number of methoxy groups -OCH3 is 2. The predicted octanol–water partition coefficient (Wildman–Crippen LogP) is 3.03. The number of rotatable bonds is 4. The fourth-order valence-electron chi connectivity index (χ4n) is 2.46. The van der Waals surface area contributed by atoms with Gasteiger partial charge in [0.05, 0.1) is 29.8 Å². The lowest BCUT2D eigenvalue weighted by Gasteiger charge is -2.46. The molecule has 1 aromatic carbocycles. The Kier molecular flexibility index (Phi) is 1.56. The van der Waals surface area contributed by atoms with E-state index < -0.39 is 99.1 Å². The lowest BCUT2D eigenvalue weighted by molar-refractivity contribution is -0.0191. The Labute approximate surface area is 164 Å². The van der Waals surface area contributed by atoms with Gasteiger partial charge in [-0.1, -0.05) is 13.8 Å². The van der Waals surface area contributed by atoms with Crippen molar-refractivity contribution in [3.8, 4) is 11.5 Å². The van der Waals surface area contributed by atoms with Crippen LogP contribution in [0, 0.1) is 11.8 Å². The Morgan fingerprint density at radius 1 is 1.61 bits per heavy atom. The molecule has 1 saturated heterocycles. The van der Waals surface area contributed by atoms with Crippen molar-refractivity contribution in [2.45, 2.75) is 45.0 Å². The monoisotopic (exact) mass is 337 g/mol. The van der Waals surface area contributed by atoms with Crippen molar-refractivity contribution in [2.24, 2.45) is 11.8 Å². The standard InChI is InChI=1S/C19H29NO3/c1-12(2)7-14-11-20-6-5-13-8-18(22-3)19(23-4)9-15(13)16(20)10-17(14)21/h8-9,12,14,16-17,21H,5-7,10-11H2,1-4H3/i1D3,4D3,7D2,8D,9D,10D2,11D2,12D,14D,16D,17D. The zero-order chi connectivity index (χ0) is 32.4. The molecule has 23 heavy (non-hydrogen) atoms. The summed E-state index contributed by atoms with van der Waals surface area (Å²) < 4.78 is 160. The number of benzene rings is 1. The minimum atomic E-state index is -4.35. The molecule has 4 heteroatoms. The Balaban J connectivity index is 2.50. The molecule has 4 unspecified atom stereocenters. The molecule has 4 nitrogen and oxygen atoms in total. The van der Waals surface area contributed by atoms with Crippen molar-refractivity contribution >= 4 is 0 Å². The third-order valence-electron chi connectivity index (χ3n) is 3.44. The Hall–Kier alpha value is -1.26. The van der Waals surface area contributed by atoms with Crippen LogP contribution in [0.25, 0.3) is 0 Å². The average Bonchev–Trinajstić information content (AvgIpc) is 2.78. The molecule has 0 radical (unpaired) electrons. The number of fused-ring (bicyclic) bond motifs is 3. The van der Waals surface area contributed by atoms with E-state index in [0.29, 0.717) is 6.92 Å². The average molecular weight is 338 g/mol. The van der Waals surface area contributed by atoms with Gasteiger partial charge >= 0.3 is 0 Å². The molecule has 0 aliphatic carbocycles. The summed E-state index contributed by atoms with van der Waals surface area (Å²) in [4.78, 5) is 0.231. The SMILES string of the molecule is [2H]c1c2c(c([2H])c(OC([2H])([2H])[2H])c1OC)C1([2H])N(CC2)C([2H])([2H])C([2H])(C([2H])([2H])C([2H])(C)C([2H])([2H])[2H])C([2H])(O)C1([2H])[2H]. The normalized spacial score (nSPS) is 57.2. The van der Waals surface area contributed by atoms with Crippen LogP contribution in [-0.2, 0) is 6.42 Å². The molecule has 1 fully saturated rings. The highest BCUT2D eigenvalue weighted by atomic mass is 16.5. The Morgan fingerprint density at radius 2 is 2.43 bits per heavy atom. The molecule has 0 saturated carbocycles. The zero-order valence-corrected chi connectivity index (χ0v) is 12.6. The largest absolute Gasteiger partial charge is 0.493 e. The van der Waals surface area contributed by atoms with E-state index >= 15 is 0 Å². The lowest BCUT2D eigenvalue weighted by Crippen LogP contribution is -2.48. The molecule has 0 amide bonds. The van der Waals surface area contributed by atoms with E-state index in [1.165, 1.54) is 0 Å². The van der Waals surface area contributed by atoms with Crippen LogP contribution >= 0.6 is 0 Å². The quantitative estimate of drug-likeness (QED) is 0.917. The number of aliphatic hydroxyl groups is 1. The van der Waals surface area contributed by atoms with Crippen molar-refractivity contribution in [1.82, 2.24) is 4.90 Å². The van der Waals surface area contributed by atoms with Gasteiger partial charge in [-0.25, -0.2) is 0 Å². The second-order valence-corrected chi connectivity index (χ2v) is 5.03. The van der Waals surface area contributed by atoms with E-state index in [1.807, 2.05) is 0 Å². The van der Waals surface area contributed by atoms with Crippen LogP contribution in [0.2, 0.25) is 0 Å². The number of hydrogen-bond acceptors (Lipinski definition) is 4. The van der Waals surface area contributed by atoms with Gasteiger partial charge in [-0.15, -0.1) is 0 Å². The van der Waals surface area contributed by atoms with Crippen molar-refractivity contribution in [2.75, 3.05) is 27.2 Å². The van der Waals surface area contributed by atoms with Crippen LogP contribution < -0.4 is 9.47 Å². The second-order valence-electron chi connectivity index (χ2n) is 5.03. The van der Waals surface area contributed by atoms with E-state index in [1.54, 1.807) is 0 Å². The third-order valence-corrected chi connectivity index (χ3v) is 3.44. The highest BCUT2D eigenvalue weighted by Gasteiger charge is 2.38. The maximum Gasteiger partial charge on any atom is 0.161 e. The van der Waals surface area contributed by atoms with Crippen LogP contribution in [0.3, 0.4) is 0 Å². The summed E-state index contributed by atoms with van der Waals surface area (Å²) in [6.45, 7) is -7.65. The summed E-state index contributed by atoms with van der Waals surface area (Å²) in [7, 11) is -2.22. The van der Waals surface area contributed by atoms with Gasteiger partial charge < -0.3 is 14.6 Å². The van der Waals surface area contributed by atoms with Crippen molar-refractivity contribution in [3.63, 3.8) is 0 Å². The summed E-state index contributed by atoms with van der Waals surface area (Å²) in [5, 5.41) is 11.4. The number of piperidine rings is 1. The topological polar surface area (TPSA) is 41.9 Å². The van der Waals surface area contributed by atoms with E-state index in [0.717, 1.165) is 7.11 Å². The van der Waals surface area contributed by atoms with E-state index in [4.69, 9.17) is 32.8 Å². The molecule has 2 aliphatic heterocycles. The first-order valence-corrected chi connectivity index (χ1v) is 6.86. The maximum atomic E-state index is 11.4. The summed E-state index contributed by atoms with van der Waals surface area (Å²) in [6, 6.07) is -5.15. The van der Waals surface area contributed by atoms with Gasteiger partial charge in [0.2, 0.25) is 0 Å². The Morgan fingerprint density at radius 3 is 3.17 bits per heavy atom. The van der Waals surface area contributed by atoms with Crippen molar-refractivity contribution in [3.05, 3.63) is 23.2 Å². The number of ether oxygens (including phenoxy) is 2. The molecule has 4 atom stereocenters. The molecule has 0 spiro atoms. The molecule has 2 heterocycles. The van der Waals surface area contributed by atoms with E-state index in [9.17, 15) is 6.48 Å². The number of nitrogens with zero attached hydrogens (tertiary/aromatic N) is 1. The zero-order valence-electron chi connectivity index (χ0n) is 30.6. The predicted molar refractivity (Wildman–Crippen MR) is 91.1 cm³/mol.